The lowest BCUT2D eigenvalue weighted by molar-refractivity contribution is 0.0958. The number of hydrogen-bond donors (Lipinski definition) is 2. The van der Waals surface area contributed by atoms with Gasteiger partial charge in [-0.25, -0.2) is 10.4 Å². The first-order valence-corrected chi connectivity index (χ1v) is 9.88. The Labute approximate surface area is 173 Å². The molecule has 0 saturated heterocycles. The minimum Gasteiger partial charge on any atom is -0.490 e. The standard InChI is InChI=1S/C21H22N4O3S/c1-3-27-18-11-16(9-10-17(18)28-13-15-7-5-4-6-8-15)12-23-25-20(26)19-14(2)24-21(22)29-19/h4-12H,3,13H2,1-2H3,(H2,22,24)(H,25,26). The Balaban J connectivity index is 1.66. The Morgan fingerprint density at radius 1 is 1.21 bits per heavy atom. The lowest BCUT2D eigenvalue weighted by atomic mass is 10.2. The van der Waals surface area contributed by atoms with Gasteiger partial charge in [0.05, 0.1) is 18.5 Å². The number of nitrogens with zero attached hydrogens (tertiary/aromatic N) is 2. The van der Waals surface area contributed by atoms with Crippen molar-refractivity contribution in [1.82, 2.24) is 10.4 Å². The topological polar surface area (TPSA) is 98.8 Å². The highest BCUT2D eigenvalue weighted by atomic mass is 32.1. The number of hydrogen-bond acceptors (Lipinski definition) is 7. The molecule has 29 heavy (non-hydrogen) atoms. The second-order valence-electron chi connectivity index (χ2n) is 6.08. The summed E-state index contributed by atoms with van der Waals surface area (Å²) < 4.78 is 11.6. The fourth-order valence-electron chi connectivity index (χ4n) is 2.57. The maximum atomic E-state index is 12.2. The van der Waals surface area contributed by atoms with E-state index in [9.17, 15) is 4.79 Å². The number of rotatable bonds is 8. The summed E-state index contributed by atoms with van der Waals surface area (Å²) in [5.74, 6) is 0.915. The number of ether oxygens (including phenoxy) is 2. The SMILES string of the molecule is CCOc1cc(C=NNC(=O)c2sc(N)nc2C)ccc1OCc1ccccc1. The number of aromatic nitrogens is 1. The molecule has 3 N–H and O–H groups in total. The summed E-state index contributed by atoms with van der Waals surface area (Å²) in [4.78, 5) is 16.6. The molecular formula is C21H22N4O3S. The molecular weight excluding hydrogens is 388 g/mol. The van der Waals surface area contributed by atoms with Gasteiger partial charge in [0.1, 0.15) is 11.5 Å². The molecule has 0 spiro atoms. The summed E-state index contributed by atoms with van der Waals surface area (Å²) in [6.07, 6.45) is 1.54. The van der Waals surface area contributed by atoms with Crippen molar-refractivity contribution in [3.8, 4) is 11.5 Å². The third-order valence-corrected chi connectivity index (χ3v) is 4.89. The van der Waals surface area contributed by atoms with Crippen LogP contribution in [-0.4, -0.2) is 23.7 Å². The van der Waals surface area contributed by atoms with Gasteiger partial charge in [0.2, 0.25) is 0 Å². The van der Waals surface area contributed by atoms with Gasteiger partial charge >= 0.3 is 0 Å². The Hall–Kier alpha value is -3.39. The number of nitrogens with one attached hydrogen (secondary N) is 1. The molecule has 0 aliphatic rings. The molecule has 1 aromatic heterocycles. The molecule has 3 aromatic rings. The molecule has 1 amide bonds. The number of carbonyl (C=O) groups excluding carboxylic acids is 1. The monoisotopic (exact) mass is 410 g/mol. The molecule has 0 aliphatic carbocycles. The van der Waals surface area contributed by atoms with E-state index in [2.05, 4.69) is 15.5 Å². The number of hydrazone groups is 1. The van der Waals surface area contributed by atoms with E-state index >= 15 is 0 Å². The number of aryl methyl sites for hydroxylation is 1. The second-order valence-corrected chi connectivity index (χ2v) is 7.11. The van der Waals surface area contributed by atoms with Crippen LogP contribution in [0.4, 0.5) is 5.13 Å². The van der Waals surface area contributed by atoms with Crippen molar-refractivity contribution in [2.24, 2.45) is 5.10 Å². The molecule has 0 bridgehead atoms. The number of nitrogens with two attached hydrogens (primary N) is 1. The minimum absolute atomic E-state index is 0.346. The average Bonchev–Trinajstić information content (AvgIpc) is 3.06. The van der Waals surface area contributed by atoms with E-state index in [1.54, 1.807) is 13.1 Å². The Morgan fingerprint density at radius 3 is 2.69 bits per heavy atom. The van der Waals surface area contributed by atoms with E-state index in [0.29, 0.717) is 40.4 Å². The number of nitrogen functional groups attached to an aromatic ring is 1. The highest BCUT2D eigenvalue weighted by molar-refractivity contribution is 7.17. The first kappa shape index (κ1) is 20.3. The van der Waals surface area contributed by atoms with Gasteiger partial charge in [0, 0.05) is 0 Å². The Morgan fingerprint density at radius 2 is 2.00 bits per heavy atom. The second kappa shape index (κ2) is 9.70. The fourth-order valence-corrected chi connectivity index (χ4v) is 3.30. The highest BCUT2D eigenvalue weighted by Gasteiger charge is 2.13. The predicted octanol–water partition coefficient (Wildman–Crippen LogP) is 3.78. The van der Waals surface area contributed by atoms with Crippen LogP contribution in [0.15, 0.2) is 53.6 Å². The molecule has 8 heteroatoms. The molecule has 0 saturated carbocycles. The fraction of sp³-hybridized carbons (Fsp3) is 0.190. The van der Waals surface area contributed by atoms with Gasteiger partial charge in [-0.1, -0.05) is 41.7 Å². The number of benzene rings is 2. The summed E-state index contributed by atoms with van der Waals surface area (Å²) in [7, 11) is 0. The van der Waals surface area contributed by atoms with Crippen molar-refractivity contribution >= 4 is 28.6 Å². The van der Waals surface area contributed by atoms with Crippen molar-refractivity contribution in [3.63, 3.8) is 0 Å². The van der Waals surface area contributed by atoms with Gasteiger partial charge in [-0.05, 0) is 43.2 Å². The number of thiazole rings is 1. The van der Waals surface area contributed by atoms with Crippen LogP contribution in [0.3, 0.4) is 0 Å². The van der Waals surface area contributed by atoms with Crippen LogP contribution in [0.25, 0.3) is 0 Å². The summed E-state index contributed by atoms with van der Waals surface area (Å²) >= 11 is 1.13. The van der Waals surface area contributed by atoms with E-state index in [1.165, 1.54) is 0 Å². The number of anilines is 1. The summed E-state index contributed by atoms with van der Waals surface area (Å²) in [5, 5.41) is 4.36. The first-order valence-electron chi connectivity index (χ1n) is 9.06. The lowest BCUT2D eigenvalue weighted by Crippen LogP contribution is -2.17. The summed E-state index contributed by atoms with van der Waals surface area (Å²) in [6, 6.07) is 15.4. The molecule has 3 rings (SSSR count). The molecule has 150 valence electrons. The zero-order chi connectivity index (χ0) is 20.6. The average molecular weight is 410 g/mol. The van der Waals surface area contributed by atoms with Gasteiger partial charge in [-0.15, -0.1) is 0 Å². The molecule has 1 heterocycles. The third kappa shape index (κ3) is 5.55. The molecule has 7 nitrogen and oxygen atoms in total. The van der Waals surface area contributed by atoms with Crippen LogP contribution < -0.4 is 20.6 Å². The van der Waals surface area contributed by atoms with E-state index in [4.69, 9.17) is 15.2 Å². The van der Waals surface area contributed by atoms with Crippen molar-refractivity contribution in [2.75, 3.05) is 12.3 Å². The van der Waals surface area contributed by atoms with Gasteiger partial charge in [-0.2, -0.15) is 5.10 Å². The van der Waals surface area contributed by atoms with E-state index in [1.807, 2.05) is 55.5 Å². The van der Waals surface area contributed by atoms with Crippen molar-refractivity contribution in [2.45, 2.75) is 20.5 Å². The maximum Gasteiger partial charge on any atom is 0.283 e. The van der Waals surface area contributed by atoms with Crippen molar-refractivity contribution in [3.05, 3.63) is 70.2 Å². The van der Waals surface area contributed by atoms with Gasteiger partial charge in [0.15, 0.2) is 16.6 Å². The first-order chi connectivity index (χ1) is 14.1. The van der Waals surface area contributed by atoms with Crippen LogP contribution in [0.1, 0.15) is 33.4 Å². The van der Waals surface area contributed by atoms with Crippen LogP contribution in [0.2, 0.25) is 0 Å². The van der Waals surface area contributed by atoms with Crippen molar-refractivity contribution < 1.29 is 14.3 Å². The van der Waals surface area contributed by atoms with Crippen LogP contribution in [0.5, 0.6) is 11.5 Å². The maximum absolute atomic E-state index is 12.2. The molecule has 0 radical (unpaired) electrons. The molecule has 0 fully saturated rings. The quantitative estimate of drug-likeness (QED) is 0.435. The van der Waals surface area contributed by atoms with E-state index in [0.717, 1.165) is 22.5 Å². The van der Waals surface area contributed by atoms with Gasteiger partial charge in [0.25, 0.3) is 5.91 Å². The van der Waals surface area contributed by atoms with Crippen LogP contribution >= 0.6 is 11.3 Å². The normalized spacial score (nSPS) is 10.8. The smallest absolute Gasteiger partial charge is 0.283 e. The summed E-state index contributed by atoms with van der Waals surface area (Å²) in [5.41, 5.74) is 10.5. The van der Waals surface area contributed by atoms with Crippen LogP contribution in [-0.2, 0) is 6.61 Å². The van der Waals surface area contributed by atoms with Gasteiger partial charge in [-0.3, -0.25) is 4.79 Å². The van der Waals surface area contributed by atoms with Crippen molar-refractivity contribution in [1.29, 1.82) is 0 Å². The Bertz CT molecular complexity index is 1000. The lowest BCUT2D eigenvalue weighted by Gasteiger charge is -2.12. The number of carbonyl (C=O) groups is 1. The zero-order valence-corrected chi connectivity index (χ0v) is 17.0. The third-order valence-electron chi connectivity index (χ3n) is 3.90. The summed E-state index contributed by atoms with van der Waals surface area (Å²) in [6.45, 7) is 4.59. The molecule has 2 aromatic carbocycles. The largest absolute Gasteiger partial charge is 0.490 e. The molecule has 0 atom stereocenters. The Kier molecular flexibility index (Phi) is 6.80. The van der Waals surface area contributed by atoms with Crippen LogP contribution in [0, 0.1) is 6.92 Å². The number of amides is 1. The molecule has 0 unspecified atom stereocenters. The highest BCUT2D eigenvalue weighted by Crippen LogP contribution is 2.29. The molecule has 0 aliphatic heterocycles. The van der Waals surface area contributed by atoms with E-state index < -0.39 is 0 Å². The zero-order valence-electron chi connectivity index (χ0n) is 16.2. The van der Waals surface area contributed by atoms with Gasteiger partial charge < -0.3 is 15.2 Å². The predicted molar refractivity (Wildman–Crippen MR) is 115 cm³/mol. The van der Waals surface area contributed by atoms with E-state index in [-0.39, 0.29) is 5.91 Å². The minimum atomic E-state index is -0.346.